The second kappa shape index (κ2) is 8.75. The van der Waals surface area contributed by atoms with Crippen molar-refractivity contribution >= 4 is 44.1 Å². The highest BCUT2D eigenvalue weighted by Crippen LogP contribution is 2.35. The van der Waals surface area contributed by atoms with E-state index >= 15 is 0 Å². The monoisotopic (exact) mass is 460 g/mol. The van der Waals surface area contributed by atoms with Crippen LogP contribution >= 0.6 is 11.3 Å². The van der Waals surface area contributed by atoms with Gasteiger partial charge in [0.1, 0.15) is 5.82 Å². The number of fused-ring (bicyclic) bond motifs is 1. The normalized spacial score (nSPS) is 17.8. The molecular formula is C26H21FN2O3S. The van der Waals surface area contributed by atoms with Crippen LogP contribution in [0.15, 0.2) is 66.7 Å². The van der Waals surface area contributed by atoms with E-state index in [1.807, 2.05) is 36.4 Å². The van der Waals surface area contributed by atoms with Gasteiger partial charge in [-0.05, 0) is 48.2 Å². The Balaban J connectivity index is 1.29. The van der Waals surface area contributed by atoms with E-state index in [1.54, 1.807) is 18.2 Å². The van der Waals surface area contributed by atoms with Crippen LogP contribution < -0.4 is 5.32 Å². The SMILES string of the molecule is O=C(O)C1CCCC1C(=O)c1ccc(-c2ccc(Nc3nc4cc(F)ccc4s3)cc2)cc1. The molecule has 1 aliphatic carbocycles. The standard InChI is InChI=1S/C26H21FN2O3S/c27-18-10-13-23-22(14-18)29-26(33-23)28-19-11-8-16(9-12-19)15-4-6-17(7-5-15)24(30)20-2-1-3-21(20)25(31)32/h4-14,20-21H,1-3H2,(H,28,29)(H,31,32). The van der Waals surface area contributed by atoms with Gasteiger partial charge in [-0.25, -0.2) is 9.37 Å². The Kier molecular flexibility index (Phi) is 5.64. The van der Waals surface area contributed by atoms with Crippen LogP contribution in [-0.2, 0) is 4.79 Å². The summed E-state index contributed by atoms with van der Waals surface area (Å²) in [7, 11) is 0. The van der Waals surface area contributed by atoms with Crippen LogP contribution in [0.25, 0.3) is 21.3 Å². The second-order valence-electron chi connectivity index (χ2n) is 8.26. The zero-order valence-electron chi connectivity index (χ0n) is 17.6. The lowest BCUT2D eigenvalue weighted by Gasteiger charge is -2.14. The molecule has 2 unspecified atom stereocenters. The molecule has 1 fully saturated rings. The number of nitrogens with one attached hydrogen (secondary N) is 1. The number of benzene rings is 3. The Labute approximate surface area is 193 Å². The number of carboxylic acid groups (broad SMARTS) is 1. The maximum absolute atomic E-state index is 13.4. The summed E-state index contributed by atoms with van der Waals surface area (Å²) in [6.07, 6.45) is 1.98. The number of aromatic nitrogens is 1. The van der Waals surface area contributed by atoms with Crippen molar-refractivity contribution in [3.05, 3.63) is 78.1 Å². The first-order chi connectivity index (χ1) is 16.0. The number of Topliss-reactive ketones (excluding diaryl/α,β-unsaturated/α-hetero) is 1. The van der Waals surface area contributed by atoms with Crippen LogP contribution in [0, 0.1) is 17.7 Å². The van der Waals surface area contributed by atoms with Crippen LogP contribution in [-0.4, -0.2) is 21.8 Å². The number of halogens is 1. The summed E-state index contributed by atoms with van der Waals surface area (Å²) in [5.74, 6) is -2.28. The molecule has 0 saturated heterocycles. The van der Waals surface area contributed by atoms with E-state index in [2.05, 4.69) is 10.3 Å². The Morgan fingerprint density at radius 1 is 0.939 bits per heavy atom. The summed E-state index contributed by atoms with van der Waals surface area (Å²) in [5.41, 5.74) is 4.01. The molecule has 0 amide bonds. The molecule has 166 valence electrons. The molecule has 5 nitrogen and oxygen atoms in total. The van der Waals surface area contributed by atoms with E-state index in [1.165, 1.54) is 23.5 Å². The molecule has 1 heterocycles. The Bertz CT molecular complexity index is 1330. The smallest absolute Gasteiger partial charge is 0.307 e. The molecule has 5 rings (SSSR count). The van der Waals surface area contributed by atoms with E-state index < -0.39 is 17.8 Å². The van der Waals surface area contributed by atoms with Gasteiger partial charge in [0.15, 0.2) is 10.9 Å². The molecular weight excluding hydrogens is 439 g/mol. The fourth-order valence-electron chi connectivity index (χ4n) is 4.43. The molecule has 2 N–H and O–H groups in total. The van der Waals surface area contributed by atoms with Gasteiger partial charge in [0.05, 0.1) is 16.1 Å². The molecule has 4 aromatic rings. The first-order valence-corrected chi connectivity index (χ1v) is 11.6. The van der Waals surface area contributed by atoms with Crippen molar-refractivity contribution in [3.63, 3.8) is 0 Å². The van der Waals surface area contributed by atoms with Gasteiger partial charge in [0, 0.05) is 23.2 Å². The van der Waals surface area contributed by atoms with E-state index in [9.17, 15) is 19.1 Å². The molecule has 7 heteroatoms. The summed E-state index contributed by atoms with van der Waals surface area (Å²) in [5, 5.41) is 13.3. The number of carboxylic acids is 1. The average Bonchev–Trinajstić information content (AvgIpc) is 3.46. The summed E-state index contributed by atoms with van der Waals surface area (Å²) in [4.78, 5) is 28.6. The first-order valence-electron chi connectivity index (χ1n) is 10.8. The molecule has 33 heavy (non-hydrogen) atoms. The highest BCUT2D eigenvalue weighted by molar-refractivity contribution is 7.22. The second-order valence-corrected chi connectivity index (χ2v) is 9.29. The average molecular weight is 461 g/mol. The number of rotatable bonds is 6. The topological polar surface area (TPSA) is 79.3 Å². The van der Waals surface area contributed by atoms with Crippen LogP contribution in [0.1, 0.15) is 29.6 Å². The van der Waals surface area contributed by atoms with E-state index in [0.717, 1.165) is 27.9 Å². The zero-order chi connectivity index (χ0) is 22.9. The fraction of sp³-hybridized carbons (Fsp3) is 0.192. The maximum Gasteiger partial charge on any atom is 0.307 e. The van der Waals surface area contributed by atoms with Gasteiger partial charge in [-0.1, -0.05) is 54.2 Å². The number of carbonyl (C=O) groups is 2. The third-order valence-electron chi connectivity index (χ3n) is 6.16. The van der Waals surface area contributed by atoms with Gasteiger partial charge in [0.2, 0.25) is 0 Å². The number of hydrogen-bond acceptors (Lipinski definition) is 5. The molecule has 2 atom stereocenters. The predicted octanol–water partition coefficient (Wildman–Crippen LogP) is 6.53. The Morgan fingerprint density at radius 3 is 2.30 bits per heavy atom. The minimum absolute atomic E-state index is 0.0817. The fourth-order valence-corrected chi connectivity index (χ4v) is 5.30. The number of hydrogen-bond donors (Lipinski definition) is 2. The van der Waals surface area contributed by atoms with Crippen molar-refractivity contribution in [2.75, 3.05) is 5.32 Å². The summed E-state index contributed by atoms with van der Waals surface area (Å²) in [6, 6.07) is 19.7. The van der Waals surface area contributed by atoms with Crippen LogP contribution in [0.2, 0.25) is 0 Å². The van der Waals surface area contributed by atoms with Crippen molar-refractivity contribution in [2.24, 2.45) is 11.8 Å². The Hall–Kier alpha value is -3.58. The van der Waals surface area contributed by atoms with Crippen molar-refractivity contribution in [3.8, 4) is 11.1 Å². The van der Waals surface area contributed by atoms with Crippen molar-refractivity contribution < 1.29 is 19.1 Å². The quantitative estimate of drug-likeness (QED) is 0.320. The van der Waals surface area contributed by atoms with Gasteiger partial charge in [-0.3, -0.25) is 9.59 Å². The highest BCUT2D eigenvalue weighted by atomic mass is 32.1. The molecule has 1 saturated carbocycles. The van der Waals surface area contributed by atoms with Gasteiger partial charge in [0.25, 0.3) is 0 Å². The Morgan fingerprint density at radius 2 is 1.61 bits per heavy atom. The van der Waals surface area contributed by atoms with Gasteiger partial charge in [-0.2, -0.15) is 0 Å². The van der Waals surface area contributed by atoms with Gasteiger partial charge in [-0.15, -0.1) is 0 Å². The lowest BCUT2D eigenvalue weighted by Crippen LogP contribution is -2.25. The summed E-state index contributed by atoms with van der Waals surface area (Å²) >= 11 is 1.46. The lowest BCUT2D eigenvalue weighted by atomic mass is 9.88. The van der Waals surface area contributed by atoms with Crippen LogP contribution in [0.3, 0.4) is 0 Å². The molecule has 3 aromatic carbocycles. The van der Waals surface area contributed by atoms with Crippen molar-refractivity contribution in [1.29, 1.82) is 0 Å². The van der Waals surface area contributed by atoms with E-state index in [0.29, 0.717) is 29.1 Å². The first kappa shape index (κ1) is 21.3. The number of aliphatic carboxylic acids is 1. The van der Waals surface area contributed by atoms with Crippen molar-refractivity contribution in [2.45, 2.75) is 19.3 Å². The lowest BCUT2D eigenvalue weighted by molar-refractivity contribution is -0.142. The van der Waals surface area contributed by atoms with Gasteiger partial charge >= 0.3 is 5.97 Å². The van der Waals surface area contributed by atoms with E-state index in [-0.39, 0.29) is 11.6 Å². The molecule has 1 aromatic heterocycles. The minimum Gasteiger partial charge on any atom is -0.481 e. The van der Waals surface area contributed by atoms with E-state index in [4.69, 9.17) is 0 Å². The number of thiazole rings is 1. The number of nitrogens with zero attached hydrogens (tertiary/aromatic N) is 1. The molecule has 0 bridgehead atoms. The summed E-state index contributed by atoms with van der Waals surface area (Å²) in [6.45, 7) is 0. The van der Waals surface area contributed by atoms with Crippen molar-refractivity contribution in [1.82, 2.24) is 4.98 Å². The summed E-state index contributed by atoms with van der Waals surface area (Å²) < 4.78 is 14.3. The van der Waals surface area contributed by atoms with Gasteiger partial charge < -0.3 is 10.4 Å². The van der Waals surface area contributed by atoms with Crippen LogP contribution in [0.4, 0.5) is 15.2 Å². The largest absolute Gasteiger partial charge is 0.481 e. The highest BCUT2D eigenvalue weighted by Gasteiger charge is 2.37. The third kappa shape index (κ3) is 4.36. The molecule has 1 aliphatic rings. The zero-order valence-corrected chi connectivity index (χ0v) is 18.4. The number of anilines is 2. The number of carbonyl (C=O) groups excluding carboxylic acids is 1. The predicted molar refractivity (Wildman–Crippen MR) is 128 cm³/mol. The number of ketones is 1. The molecule has 0 aliphatic heterocycles. The minimum atomic E-state index is -0.880. The maximum atomic E-state index is 13.4. The van der Waals surface area contributed by atoms with Crippen LogP contribution in [0.5, 0.6) is 0 Å². The molecule has 0 spiro atoms. The third-order valence-corrected chi connectivity index (χ3v) is 7.11. The molecule has 0 radical (unpaired) electrons.